The summed E-state index contributed by atoms with van der Waals surface area (Å²) in [5, 5.41) is 22.0. The molecule has 0 amide bonds. The molecule has 2 atom stereocenters. The van der Waals surface area contributed by atoms with Crippen molar-refractivity contribution >= 4 is 21.8 Å². The molecule has 25 heavy (non-hydrogen) atoms. The van der Waals surface area contributed by atoms with Crippen molar-refractivity contribution in [3.63, 3.8) is 0 Å². The highest BCUT2D eigenvalue weighted by Gasteiger charge is 2.43. The third-order valence-electron chi connectivity index (χ3n) is 4.85. The van der Waals surface area contributed by atoms with Crippen molar-refractivity contribution in [2.24, 2.45) is 0 Å². The number of methoxy groups -OCH3 is 1. The standard InChI is InChI=1S/C19H19NO5/c1-19(2)18(23)17(22)14-12(25-19)8-11(24-3)13-15(14)20-10-7-5-4-6-9(10)16(13)21/h4-8,17-18,22-23H,1-3H3,(H,20,21)/t17-,18-/m1/s1. The molecule has 0 saturated carbocycles. The first-order valence-electron chi connectivity index (χ1n) is 8.06. The van der Waals surface area contributed by atoms with Crippen LogP contribution in [0.2, 0.25) is 0 Å². The summed E-state index contributed by atoms with van der Waals surface area (Å²) in [5.41, 5.74) is 0.255. The zero-order valence-electron chi connectivity index (χ0n) is 14.2. The second-order valence-corrected chi connectivity index (χ2v) is 6.84. The number of fused-ring (bicyclic) bond motifs is 4. The molecule has 6 heteroatoms. The average Bonchev–Trinajstić information content (AvgIpc) is 2.58. The molecule has 3 aromatic rings. The van der Waals surface area contributed by atoms with E-state index in [0.717, 1.165) is 0 Å². The number of benzene rings is 2. The summed E-state index contributed by atoms with van der Waals surface area (Å²) < 4.78 is 11.3. The van der Waals surface area contributed by atoms with Crippen molar-refractivity contribution in [3.8, 4) is 11.5 Å². The highest BCUT2D eigenvalue weighted by Crippen LogP contribution is 2.45. The Morgan fingerprint density at radius 2 is 1.96 bits per heavy atom. The van der Waals surface area contributed by atoms with Gasteiger partial charge in [-0.05, 0) is 26.0 Å². The minimum atomic E-state index is -1.19. The molecule has 1 aliphatic rings. The molecule has 0 unspecified atom stereocenters. The van der Waals surface area contributed by atoms with Gasteiger partial charge in [0, 0.05) is 22.5 Å². The number of ether oxygens (including phenoxy) is 2. The van der Waals surface area contributed by atoms with E-state index >= 15 is 0 Å². The Labute approximate surface area is 143 Å². The van der Waals surface area contributed by atoms with E-state index in [1.165, 1.54) is 7.11 Å². The fraction of sp³-hybridized carbons (Fsp3) is 0.316. The number of H-pyrrole nitrogens is 1. The lowest BCUT2D eigenvalue weighted by Gasteiger charge is -2.40. The minimum Gasteiger partial charge on any atom is -0.496 e. The lowest BCUT2D eigenvalue weighted by Crippen LogP contribution is -2.48. The average molecular weight is 341 g/mol. The van der Waals surface area contributed by atoms with Gasteiger partial charge in [0.25, 0.3) is 0 Å². The number of pyridine rings is 1. The van der Waals surface area contributed by atoms with Crippen LogP contribution in [0.15, 0.2) is 35.1 Å². The quantitative estimate of drug-likeness (QED) is 0.591. The summed E-state index contributed by atoms with van der Waals surface area (Å²) in [6.07, 6.45) is -2.32. The van der Waals surface area contributed by atoms with E-state index in [-0.39, 0.29) is 5.43 Å². The molecule has 0 bridgehead atoms. The Morgan fingerprint density at radius 3 is 2.68 bits per heavy atom. The Kier molecular flexibility index (Phi) is 3.32. The number of aromatic amines is 1. The molecule has 6 nitrogen and oxygen atoms in total. The van der Waals surface area contributed by atoms with Crippen molar-refractivity contribution in [1.29, 1.82) is 0 Å². The fourth-order valence-corrected chi connectivity index (χ4v) is 3.49. The van der Waals surface area contributed by atoms with Crippen LogP contribution in [-0.2, 0) is 0 Å². The third kappa shape index (κ3) is 2.14. The van der Waals surface area contributed by atoms with E-state index in [2.05, 4.69) is 4.98 Å². The van der Waals surface area contributed by atoms with Gasteiger partial charge in [0.2, 0.25) is 5.43 Å². The molecule has 130 valence electrons. The molecule has 2 heterocycles. The molecular formula is C19H19NO5. The van der Waals surface area contributed by atoms with Gasteiger partial charge in [-0.15, -0.1) is 0 Å². The molecule has 0 aliphatic carbocycles. The molecular weight excluding hydrogens is 322 g/mol. The minimum absolute atomic E-state index is 0.199. The van der Waals surface area contributed by atoms with Crippen LogP contribution in [0.1, 0.15) is 25.5 Å². The van der Waals surface area contributed by atoms with E-state index in [1.54, 1.807) is 38.1 Å². The maximum Gasteiger partial charge on any atom is 0.200 e. The largest absolute Gasteiger partial charge is 0.496 e. The van der Waals surface area contributed by atoms with Gasteiger partial charge in [-0.3, -0.25) is 4.79 Å². The summed E-state index contributed by atoms with van der Waals surface area (Å²) in [6.45, 7) is 3.40. The van der Waals surface area contributed by atoms with Crippen molar-refractivity contribution in [2.45, 2.75) is 31.7 Å². The van der Waals surface area contributed by atoms with Gasteiger partial charge in [0.15, 0.2) is 0 Å². The van der Waals surface area contributed by atoms with E-state index in [0.29, 0.717) is 38.9 Å². The van der Waals surface area contributed by atoms with Crippen molar-refractivity contribution < 1.29 is 19.7 Å². The fourth-order valence-electron chi connectivity index (χ4n) is 3.49. The van der Waals surface area contributed by atoms with Crippen LogP contribution >= 0.6 is 0 Å². The number of aliphatic hydroxyl groups excluding tert-OH is 2. The number of rotatable bonds is 1. The lowest BCUT2D eigenvalue weighted by atomic mass is 9.87. The normalized spacial score (nSPS) is 21.8. The first-order chi connectivity index (χ1) is 11.8. The molecule has 0 spiro atoms. The van der Waals surface area contributed by atoms with Gasteiger partial charge in [0.05, 0.1) is 18.0 Å². The number of aromatic nitrogens is 1. The first kappa shape index (κ1) is 15.9. The van der Waals surface area contributed by atoms with Crippen LogP contribution in [0, 0.1) is 0 Å². The highest BCUT2D eigenvalue weighted by atomic mass is 16.5. The van der Waals surface area contributed by atoms with Gasteiger partial charge in [0.1, 0.15) is 29.3 Å². The highest BCUT2D eigenvalue weighted by molar-refractivity contribution is 5.98. The second-order valence-electron chi connectivity index (χ2n) is 6.84. The summed E-state index contributed by atoms with van der Waals surface area (Å²) in [4.78, 5) is 16.2. The number of hydrogen-bond acceptors (Lipinski definition) is 5. The van der Waals surface area contributed by atoms with E-state index in [9.17, 15) is 15.0 Å². The van der Waals surface area contributed by atoms with Gasteiger partial charge in [-0.25, -0.2) is 0 Å². The van der Waals surface area contributed by atoms with Gasteiger partial charge in [-0.2, -0.15) is 0 Å². The number of hydrogen-bond donors (Lipinski definition) is 3. The zero-order valence-corrected chi connectivity index (χ0v) is 14.2. The molecule has 4 rings (SSSR count). The summed E-state index contributed by atoms with van der Waals surface area (Å²) in [5.74, 6) is 0.748. The van der Waals surface area contributed by atoms with Gasteiger partial charge >= 0.3 is 0 Å². The molecule has 2 aromatic carbocycles. The van der Waals surface area contributed by atoms with E-state index in [1.807, 2.05) is 6.07 Å². The van der Waals surface area contributed by atoms with Crippen molar-refractivity contribution in [2.75, 3.05) is 7.11 Å². The van der Waals surface area contributed by atoms with Gasteiger partial charge < -0.3 is 24.7 Å². The smallest absolute Gasteiger partial charge is 0.200 e. The predicted molar refractivity (Wildman–Crippen MR) is 94.3 cm³/mol. The molecule has 0 saturated heterocycles. The summed E-state index contributed by atoms with van der Waals surface area (Å²) >= 11 is 0. The van der Waals surface area contributed by atoms with Crippen LogP contribution in [0.3, 0.4) is 0 Å². The molecule has 1 aromatic heterocycles. The predicted octanol–water partition coefficient (Wildman–Crippen LogP) is 2.26. The van der Waals surface area contributed by atoms with E-state index in [4.69, 9.17) is 9.47 Å². The Bertz CT molecular complexity index is 1050. The Hall–Kier alpha value is -2.57. The van der Waals surface area contributed by atoms with E-state index < -0.39 is 17.8 Å². The lowest BCUT2D eigenvalue weighted by molar-refractivity contribution is -0.111. The second kappa shape index (κ2) is 5.21. The molecule has 3 N–H and O–H groups in total. The van der Waals surface area contributed by atoms with Crippen LogP contribution in [0.4, 0.5) is 0 Å². The first-order valence-corrected chi connectivity index (χ1v) is 8.06. The molecule has 0 fully saturated rings. The SMILES string of the molecule is COc1cc2c(c3[nH]c4ccccc4c(=O)c13)[C@@H](O)[C@@H](O)C(C)(C)O2. The number of aliphatic hydroxyl groups is 2. The third-order valence-corrected chi connectivity index (χ3v) is 4.85. The Balaban J connectivity index is 2.19. The Morgan fingerprint density at radius 1 is 1.24 bits per heavy atom. The molecule has 1 aliphatic heterocycles. The van der Waals surface area contributed by atoms with Crippen LogP contribution in [0.5, 0.6) is 11.5 Å². The number of nitrogens with one attached hydrogen (secondary N) is 1. The van der Waals surface area contributed by atoms with Gasteiger partial charge in [-0.1, -0.05) is 12.1 Å². The maximum absolute atomic E-state index is 13.0. The topological polar surface area (TPSA) is 91.8 Å². The monoisotopic (exact) mass is 341 g/mol. The van der Waals surface area contributed by atoms with Crippen molar-refractivity contribution in [1.82, 2.24) is 4.98 Å². The van der Waals surface area contributed by atoms with Crippen molar-refractivity contribution in [3.05, 3.63) is 46.1 Å². The maximum atomic E-state index is 13.0. The summed E-state index contributed by atoms with van der Waals surface area (Å²) in [6, 6.07) is 8.73. The van der Waals surface area contributed by atoms with Crippen LogP contribution in [0.25, 0.3) is 21.8 Å². The van der Waals surface area contributed by atoms with Crippen LogP contribution in [-0.4, -0.2) is 34.0 Å². The number of para-hydroxylation sites is 1. The summed E-state index contributed by atoms with van der Waals surface area (Å²) in [7, 11) is 1.48. The van der Waals surface area contributed by atoms with Crippen LogP contribution < -0.4 is 14.9 Å². The molecule has 0 radical (unpaired) electrons. The zero-order chi connectivity index (χ0) is 17.9.